The summed E-state index contributed by atoms with van der Waals surface area (Å²) in [5.41, 5.74) is 1.83. The van der Waals surface area contributed by atoms with Crippen LogP contribution in [-0.4, -0.2) is 17.2 Å². The Bertz CT molecular complexity index is 516. The third-order valence-electron chi connectivity index (χ3n) is 2.73. The van der Waals surface area contributed by atoms with Crippen molar-refractivity contribution in [2.75, 3.05) is 7.11 Å². The average molecular weight is 308 g/mol. The summed E-state index contributed by atoms with van der Waals surface area (Å²) in [6, 6.07) is 9.41. The first kappa shape index (κ1) is 13.1. The number of aromatic nitrogens is 1. The van der Waals surface area contributed by atoms with E-state index in [1.54, 1.807) is 19.5 Å². The van der Waals surface area contributed by atoms with Crippen molar-refractivity contribution in [1.29, 1.82) is 0 Å². The number of rotatable bonds is 4. The molecule has 0 aliphatic rings. The van der Waals surface area contributed by atoms with E-state index in [1.807, 2.05) is 30.3 Å². The van der Waals surface area contributed by atoms with Gasteiger partial charge in [0.25, 0.3) is 0 Å². The number of halogens is 1. The monoisotopic (exact) mass is 307 g/mol. The summed E-state index contributed by atoms with van der Waals surface area (Å²) in [5.74, 6) is 0.686. The third-order valence-corrected chi connectivity index (χ3v) is 3.23. The molecule has 1 heterocycles. The van der Waals surface area contributed by atoms with E-state index < -0.39 is 6.10 Å². The van der Waals surface area contributed by atoms with Crippen LogP contribution in [0.25, 0.3) is 0 Å². The van der Waals surface area contributed by atoms with Gasteiger partial charge in [-0.1, -0.05) is 22.0 Å². The SMILES string of the molecule is COc1cc(Br)ccc1C(O)Cc1ccncc1. The molecular weight excluding hydrogens is 294 g/mol. The Morgan fingerprint density at radius 3 is 2.67 bits per heavy atom. The molecule has 0 fully saturated rings. The predicted molar refractivity (Wildman–Crippen MR) is 73.6 cm³/mol. The normalized spacial score (nSPS) is 12.2. The van der Waals surface area contributed by atoms with E-state index >= 15 is 0 Å². The lowest BCUT2D eigenvalue weighted by molar-refractivity contribution is 0.174. The molecule has 1 unspecified atom stereocenters. The second-order valence-corrected chi connectivity index (χ2v) is 4.88. The first-order chi connectivity index (χ1) is 8.70. The van der Waals surface area contributed by atoms with E-state index in [2.05, 4.69) is 20.9 Å². The predicted octanol–water partition coefficient (Wildman–Crippen LogP) is 3.13. The number of nitrogens with zero attached hydrogens (tertiary/aromatic N) is 1. The smallest absolute Gasteiger partial charge is 0.125 e. The van der Waals surface area contributed by atoms with Crippen LogP contribution in [0.2, 0.25) is 0 Å². The minimum Gasteiger partial charge on any atom is -0.496 e. The standard InChI is InChI=1S/C14H14BrNO2/c1-18-14-9-11(15)2-3-12(14)13(17)8-10-4-6-16-7-5-10/h2-7,9,13,17H,8H2,1H3. The van der Waals surface area contributed by atoms with Gasteiger partial charge in [0.2, 0.25) is 0 Å². The molecule has 0 amide bonds. The number of pyridine rings is 1. The highest BCUT2D eigenvalue weighted by Gasteiger charge is 2.14. The van der Waals surface area contributed by atoms with Crippen LogP contribution in [0, 0.1) is 0 Å². The Kier molecular flexibility index (Phi) is 4.33. The topological polar surface area (TPSA) is 42.4 Å². The molecule has 0 bridgehead atoms. The highest BCUT2D eigenvalue weighted by atomic mass is 79.9. The van der Waals surface area contributed by atoms with Gasteiger partial charge in [-0.05, 0) is 29.8 Å². The van der Waals surface area contributed by atoms with Crippen LogP contribution in [0.3, 0.4) is 0 Å². The van der Waals surface area contributed by atoms with Gasteiger partial charge in [-0.2, -0.15) is 0 Å². The molecule has 18 heavy (non-hydrogen) atoms. The van der Waals surface area contributed by atoms with Crippen molar-refractivity contribution in [2.24, 2.45) is 0 Å². The molecule has 0 aliphatic carbocycles. The zero-order valence-corrected chi connectivity index (χ0v) is 11.6. The van der Waals surface area contributed by atoms with Gasteiger partial charge in [0.05, 0.1) is 13.2 Å². The largest absolute Gasteiger partial charge is 0.496 e. The first-order valence-corrected chi connectivity index (χ1v) is 6.40. The van der Waals surface area contributed by atoms with E-state index in [0.29, 0.717) is 12.2 Å². The fourth-order valence-corrected chi connectivity index (χ4v) is 2.15. The number of aliphatic hydroxyl groups is 1. The van der Waals surface area contributed by atoms with Gasteiger partial charge in [-0.25, -0.2) is 0 Å². The molecule has 1 aromatic carbocycles. The third kappa shape index (κ3) is 3.09. The van der Waals surface area contributed by atoms with Gasteiger partial charge in [0.15, 0.2) is 0 Å². The minimum atomic E-state index is -0.588. The van der Waals surface area contributed by atoms with E-state index in [0.717, 1.165) is 15.6 Å². The molecule has 94 valence electrons. The van der Waals surface area contributed by atoms with E-state index in [4.69, 9.17) is 4.74 Å². The maximum absolute atomic E-state index is 10.3. The summed E-state index contributed by atoms with van der Waals surface area (Å²) >= 11 is 3.38. The van der Waals surface area contributed by atoms with Crippen LogP contribution >= 0.6 is 15.9 Å². The minimum absolute atomic E-state index is 0.542. The molecule has 1 aromatic heterocycles. The van der Waals surface area contributed by atoms with Gasteiger partial charge in [-0.15, -0.1) is 0 Å². The van der Waals surface area contributed by atoms with Crippen molar-refractivity contribution in [1.82, 2.24) is 4.98 Å². The first-order valence-electron chi connectivity index (χ1n) is 5.61. The Morgan fingerprint density at radius 1 is 1.28 bits per heavy atom. The number of aliphatic hydroxyl groups excluding tert-OH is 1. The highest BCUT2D eigenvalue weighted by molar-refractivity contribution is 9.10. The zero-order chi connectivity index (χ0) is 13.0. The lowest BCUT2D eigenvalue weighted by Gasteiger charge is -2.15. The van der Waals surface area contributed by atoms with Crippen molar-refractivity contribution in [3.05, 3.63) is 58.3 Å². The van der Waals surface area contributed by atoms with Crippen molar-refractivity contribution >= 4 is 15.9 Å². The Balaban J connectivity index is 2.21. The number of hydrogen-bond acceptors (Lipinski definition) is 3. The molecule has 3 nitrogen and oxygen atoms in total. The van der Waals surface area contributed by atoms with Crippen LogP contribution in [-0.2, 0) is 6.42 Å². The maximum Gasteiger partial charge on any atom is 0.125 e. The van der Waals surface area contributed by atoms with Crippen LogP contribution in [0.4, 0.5) is 0 Å². The van der Waals surface area contributed by atoms with Crippen molar-refractivity contribution in [2.45, 2.75) is 12.5 Å². The second kappa shape index (κ2) is 5.98. The van der Waals surface area contributed by atoms with Gasteiger partial charge in [0, 0.05) is 28.9 Å². The number of hydrogen-bond donors (Lipinski definition) is 1. The van der Waals surface area contributed by atoms with Gasteiger partial charge >= 0.3 is 0 Å². The van der Waals surface area contributed by atoms with Crippen LogP contribution < -0.4 is 4.74 Å². The Labute approximate surface area is 115 Å². The van der Waals surface area contributed by atoms with Gasteiger partial charge < -0.3 is 9.84 Å². The summed E-state index contributed by atoms with van der Waals surface area (Å²) < 4.78 is 6.21. The molecule has 2 rings (SSSR count). The van der Waals surface area contributed by atoms with E-state index in [1.165, 1.54) is 0 Å². The quantitative estimate of drug-likeness (QED) is 0.943. The van der Waals surface area contributed by atoms with E-state index in [-0.39, 0.29) is 0 Å². The molecule has 1 N–H and O–H groups in total. The highest BCUT2D eigenvalue weighted by Crippen LogP contribution is 2.30. The van der Waals surface area contributed by atoms with Crippen LogP contribution in [0.15, 0.2) is 47.2 Å². The molecule has 4 heteroatoms. The summed E-state index contributed by atoms with van der Waals surface area (Å²) in [7, 11) is 1.60. The molecule has 0 aliphatic heterocycles. The van der Waals surface area contributed by atoms with Gasteiger partial charge in [-0.3, -0.25) is 4.98 Å². The van der Waals surface area contributed by atoms with Crippen molar-refractivity contribution in [3.8, 4) is 5.75 Å². The maximum atomic E-state index is 10.3. The Hall–Kier alpha value is -1.39. The lowest BCUT2D eigenvalue weighted by Crippen LogP contribution is -2.04. The zero-order valence-electron chi connectivity index (χ0n) is 10.0. The Morgan fingerprint density at radius 2 is 2.00 bits per heavy atom. The molecule has 1 atom stereocenters. The number of methoxy groups -OCH3 is 1. The fourth-order valence-electron chi connectivity index (χ4n) is 1.81. The molecule has 0 radical (unpaired) electrons. The average Bonchev–Trinajstić information content (AvgIpc) is 2.39. The number of ether oxygens (including phenoxy) is 1. The van der Waals surface area contributed by atoms with E-state index in [9.17, 15) is 5.11 Å². The summed E-state index contributed by atoms with van der Waals surface area (Å²) in [6.45, 7) is 0. The van der Waals surface area contributed by atoms with Crippen LogP contribution in [0.1, 0.15) is 17.2 Å². The fraction of sp³-hybridized carbons (Fsp3) is 0.214. The molecule has 0 spiro atoms. The summed E-state index contributed by atoms with van der Waals surface area (Å²) in [4.78, 5) is 3.96. The second-order valence-electron chi connectivity index (χ2n) is 3.96. The molecule has 0 saturated carbocycles. The number of benzene rings is 1. The molecule has 2 aromatic rings. The van der Waals surface area contributed by atoms with Crippen molar-refractivity contribution in [3.63, 3.8) is 0 Å². The lowest BCUT2D eigenvalue weighted by atomic mass is 10.0. The molecule has 0 saturated heterocycles. The van der Waals surface area contributed by atoms with Crippen LogP contribution in [0.5, 0.6) is 5.75 Å². The summed E-state index contributed by atoms with van der Waals surface area (Å²) in [5, 5.41) is 10.3. The molecular formula is C14H14BrNO2. The van der Waals surface area contributed by atoms with Gasteiger partial charge in [0.1, 0.15) is 5.75 Å². The van der Waals surface area contributed by atoms with Crippen molar-refractivity contribution < 1.29 is 9.84 Å². The summed E-state index contributed by atoms with van der Waals surface area (Å²) in [6.07, 6.45) is 3.40.